The van der Waals surface area contributed by atoms with Crippen molar-refractivity contribution in [2.45, 2.75) is 0 Å². The molecule has 0 saturated carbocycles. The van der Waals surface area contributed by atoms with Gasteiger partial charge in [-0.15, -0.1) is 11.3 Å². The number of nitrogens with two attached hydrogens (primary N) is 2. The van der Waals surface area contributed by atoms with Crippen LogP contribution in [0.5, 0.6) is 0 Å². The quantitative estimate of drug-likeness (QED) is 0.421. The molecule has 0 saturated heterocycles. The number of anilines is 1. The van der Waals surface area contributed by atoms with Crippen LogP contribution in [0.3, 0.4) is 0 Å². The van der Waals surface area contributed by atoms with Gasteiger partial charge in [-0.2, -0.15) is 0 Å². The normalized spacial score (nSPS) is 9.30. The van der Waals surface area contributed by atoms with E-state index in [0.717, 1.165) is 0 Å². The molecule has 5 N–H and O–H groups in total. The number of thiophene rings is 1. The summed E-state index contributed by atoms with van der Waals surface area (Å²) in [6.45, 7) is 0. The lowest BCUT2D eigenvalue weighted by molar-refractivity contribution is 0.100. The minimum Gasteiger partial charge on any atom is -0.365 e. The van der Waals surface area contributed by atoms with Gasteiger partial charge in [0.2, 0.25) is 0 Å². The molecule has 1 heterocycles. The molecule has 1 rings (SSSR count). The van der Waals surface area contributed by atoms with Crippen molar-refractivity contribution < 1.29 is 4.79 Å². The molecular weight excluding hydrogens is 150 g/mol. The monoisotopic (exact) mass is 157 g/mol. The Labute approximate surface area is 61.8 Å². The molecule has 0 aliphatic carbocycles. The van der Waals surface area contributed by atoms with Crippen molar-refractivity contribution >= 4 is 22.9 Å². The fourth-order valence-electron chi connectivity index (χ4n) is 0.614. The number of rotatable bonds is 2. The molecular formula is C5H7N3OS. The summed E-state index contributed by atoms with van der Waals surface area (Å²) in [6.07, 6.45) is 0. The molecule has 4 nitrogen and oxygen atoms in total. The number of carbonyl (C=O) groups is 1. The van der Waals surface area contributed by atoms with Gasteiger partial charge in [-0.25, -0.2) is 0 Å². The third-order valence-electron chi connectivity index (χ3n) is 1.04. The van der Waals surface area contributed by atoms with Crippen molar-refractivity contribution in [3.63, 3.8) is 0 Å². The Morgan fingerprint density at radius 2 is 2.40 bits per heavy atom. The van der Waals surface area contributed by atoms with Crippen molar-refractivity contribution in [1.29, 1.82) is 0 Å². The Morgan fingerprint density at radius 3 is 2.80 bits per heavy atom. The van der Waals surface area contributed by atoms with Gasteiger partial charge in [0.25, 0.3) is 5.91 Å². The van der Waals surface area contributed by atoms with E-state index in [9.17, 15) is 4.79 Å². The summed E-state index contributed by atoms with van der Waals surface area (Å²) in [7, 11) is 0. The van der Waals surface area contributed by atoms with E-state index in [4.69, 9.17) is 11.6 Å². The van der Waals surface area contributed by atoms with Crippen LogP contribution in [-0.4, -0.2) is 5.91 Å². The van der Waals surface area contributed by atoms with E-state index in [-0.39, 0.29) is 0 Å². The molecule has 0 bridgehead atoms. The minimum absolute atomic E-state index is 0.456. The van der Waals surface area contributed by atoms with Gasteiger partial charge in [-0.05, 0) is 11.4 Å². The predicted octanol–water partition coefficient (Wildman–Crippen LogP) is 0.133. The first-order valence-electron chi connectivity index (χ1n) is 2.59. The lowest BCUT2D eigenvalue weighted by Gasteiger charge is -1.95. The summed E-state index contributed by atoms with van der Waals surface area (Å²) in [6, 6.07) is 1.70. The molecule has 1 aromatic heterocycles. The maximum Gasteiger partial charge on any atom is 0.260 e. The Kier molecular flexibility index (Phi) is 1.88. The molecule has 0 fully saturated rings. The van der Waals surface area contributed by atoms with Gasteiger partial charge in [0, 0.05) is 0 Å². The van der Waals surface area contributed by atoms with Crippen LogP contribution in [0.2, 0.25) is 0 Å². The number of primary amides is 1. The van der Waals surface area contributed by atoms with Gasteiger partial charge in [0.05, 0.1) is 5.69 Å². The highest BCUT2D eigenvalue weighted by atomic mass is 32.1. The van der Waals surface area contributed by atoms with E-state index in [1.165, 1.54) is 11.3 Å². The SMILES string of the molecule is NNc1ccsc1C(N)=O. The predicted molar refractivity (Wildman–Crippen MR) is 40.6 cm³/mol. The molecule has 0 radical (unpaired) electrons. The maximum atomic E-state index is 10.6. The second-order valence-electron chi connectivity index (χ2n) is 1.67. The van der Waals surface area contributed by atoms with Gasteiger partial charge in [0.15, 0.2) is 0 Å². The molecule has 0 aliphatic heterocycles. The number of hydrogen-bond acceptors (Lipinski definition) is 4. The van der Waals surface area contributed by atoms with Crippen LogP contribution >= 0.6 is 11.3 Å². The van der Waals surface area contributed by atoms with Crippen LogP contribution in [0, 0.1) is 0 Å². The Bertz CT molecular complexity index is 245. The summed E-state index contributed by atoms with van der Waals surface area (Å²) >= 11 is 1.27. The fourth-order valence-corrected chi connectivity index (χ4v) is 1.32. The Morgan fingerprint density at radius 1 is 1.70 bits per heavy atom. The molecule has 0 unspecified atom stereocenters. The van der Waals surface area contributed by atoms with Gasteiger partial charge in [-0.1, -0.05) is 0 Å². The largest absolute Gasteiger partial charge is 0.365 e. The van der Waals surface area contributed by atoms with E-state index < -0.39 is 5.91 Å². The summed E-state index contributed by atoms with van der Waals surface area (Å²) in [5.41, 5.74) is 7.96. The molecule has 0 atom stereocenters. The number of hydrazine groups is 1. The van der Waals surface area contributed by atoms with Crippen molar-refractivity contribution in [1.82, 2.24) is 0 Å². The zero-order valence-corrected chi connectivity index (χ0v) is 5.94. The van der Waals surface area contributed by atoms with Gasteiger partial charge >= 0.3 is 0 Å². The van der Waals surface area contributed by atoms with Crippen LogP contribution in [0.1, 0.15) is 9.67 Å². The van der Waals surface area contributed by atoms with Crippen LogP contribution < -0.4 is 17.0 Å². The first-order chi connectivity index (χ1) is 4.75. The van der Waals surface area contributed by atoms with E-state index in [1.807, 2.05) is 0 Å². The number of carbonyl (C=O) groups excluding carboxylic acids is 1. The molecule has 0 aliphatic rings. The van der Waals surface area contributed by atoms with E-state index >= 15 is 0 Å². The second kappa shape index (κ2) is 2.68. The summed E-state index contributed by atoms with van der Waals surface area (Å²) < 4.78 is 0. The molecule has 5 heteroatoms. The standard InChI is InChI=1S/C5H7N3OS/c6-5(9)4-3(8-7)1-2-10-4/h1-2,8H,7H2,(H2,6,9). The van der Waals surface area contributed by atoms with E-state index in [1.54, 1.807) is 11.4 Å². The molecule has 1 aromatic rings. The van der Waals surface area contributed by atoms with Crippen molar-refractivity contribution in [2.75, 3.05) is 5.43 Å². The van der Waals surface area contributed by atoms with Crippen LogP contribution in [0.4, 0.5) is 5.69 Å². The lowest BCUT2D eigenvalue weighted by Crippen LogP contribution is -2.14. The Balaban J connectivity index is 3.01. The van der Waals surface area contributed by atoms with Gasteiger partial charge in [0.1, 0.15) is 4.88 Å². The smallest absolute Gasteiger partial charge is 0.260 e. The highest BCUT2D eigenvalue weighted by Gasteiger charge is 2.06. The minimum atomic E-state index is -0.456. The highest BCUT2D eigenvalue weighted by Crippen LogP contribution is 2.19. The van der Waals surface area contributed by atoms with E-state index in [2.05, 4.69) is 5.43 Å². The first kappa shape index (κ1) is 7.04. The van der Waals surface area contributed by atoms with Gasteiger partial charge in [-0.3, -0.25) is 10.6 Å². The summed E-state index contributed by atoms with van der Waals surface area (Å²) in [5, 5.41) is 1.75. The Hall–Kier alpha value is -1.07. The summed E-state index contributed by atoms with van der Waals surface area (Å²) in [4.78, 5) is 11.0. The van der Waals surface area contributed by atoms with Crippen molar-refractivity contribution in [3.8, 4) is 0 Å². The molecule has 1 amide bonds. The second-order valence-corrected chi connectivity index (χ2v) is 2.59. The van der Waals surface area contributed by atoms with Crippen LogP contribution in [-0.2, 0) is 0 Å². The van der Waals surface area contributed by atoms with Crippen LogP contribution in [0.25, 0.3) is 0 Å². The van der Waals surface area contributed by atoms with Crippen molar-refractivity contribution in [2.24, 2.45) is 11.6 Å². The number of amides is 1. The number of nitrogens with one attached hydrogen (secondary N) is 1. The zero-order valence-electron chi connectivity index (χ0n) is 5.13. The first-order valence-corrected chi connectivity index (χ1v) is 3.47. The fraction of sp³-hybridized carbons (Fsp3) is 0. The number of nitrogen functional groups attached to an aromatic ring is 1. The lowest BCUT2D eigenvalue weighted by atomic mass is 10.4. The third-order valence-corrected chi connectivity index (χ3v) is 1.97. The molecule has 0 aromatic carbocycles. The van der Waals surface area contributed by atoms with Crippen LogP contribution in [0.15, 0.2) is 11.4 Å². The summed E-state index contributed by atoms with van der Waals surface area (Å²) in [5.74, 6) is 4.63. The average Bonchev–Trinajstić information content (AvgIpc) is 2.33. The third kappa shape index (κ3) is 1.09. The zero-order chi connectivity index (χ0) is 7.56. The number of hydrogen-bond donors (Lipinski definition) is 3. The average molecular weight is 157 g/mol. The van der Waals surface area contributed by atoms with E-state index in [0.29, 0.717) is 10.6 Å². The maximum absolute atomic E-state index is 10.6. The molecule has 0 spiro atoms. The molecule has 10 heavy (non-hydrogen) atoms. The topological polar surface area (TPSA) is 81.1 Å². The van der Waals surface area contributed by atoms with Gasteiger partial charge < -0.3 is 11.2 Å². The van der Waals surface area contributed by atoms with Crippen molar-refractivity contribution in [3.05, 3.63) is 16.3 Å². The molecule has 54 valence electrons. The highest BCUT2D eigenvalue weighted by molar-refractivity contribution is 7.12.